The van der Waals surface area contributed by atoms with Gasteiger partial charge in [0.25, 0.3) is 0 Å². The fraction of sp³-hybridized carbons (Fsp3) is 0.500. The van der Waals surface area contributed by atoms with Gasteiger partial charge in [0.1, 0.15) is 0 Å². The minimum absolute atomic E-state index is 0.0556. The lowest BCUT2D eigenvalue weighted by molar-refractivity contribution is 0.106. The second-order valence-electron chi connectivity index (χ2n) is 4.87. The highest BCUT2D eigenvalue weighted by molar-refractivity contribution is 5.68. The molecule has 0 heterocycles. The van der Waals surface area contributed by atoms with Crippen LogP contribution in [0.4, 0.5) is 4.79 Å². The van der Waals surface area contributed by atoms with Crippen LogP contribution >= 0.6 is 0 Å². The van der Waals surface area contributed by atoms with Crippen LogP contribution in [0.5, 0.6) is 0 Å². The van der Waals surface area contributed by atoms with Gasteiger partial charge in [-0.3, -0.25) is 0 Å². The van der Waals surface area contributed by atoms with E-state index in [1.54, 1.807) is 0 Å². The van der Waals surface area contributed by atoms with Crippen LogP contribution < -0.4 is 5.32 Å². The first-order valence-corrected chi connectivity index (χ1v) is 6.17. The van der Waals surface area contributed by atoms with Gasteiger partial charge in [-0.1, -0.05) is 30.3 Å². The van der Waals surface area contributed by atoms with Gasteiger partial charge in [0.05, 0.1) is 6.10 Å². The van der Waals surface area contributed by atoms with Gasteiger partial charge in [0.15, 0.2) is 0 Å². The van der Waals surface area contributed by atoms with E-state index in [1.807, 2.05) is 19.9 Å². The Morgan fingerprint density at radius 3 is 2.53 bits per heavy atom. The van der Waals surface area contributed by atoms with Crippen molar-refractivity contribution in [2.75, 3.05) is 0 Å². The average molecular weight is 233 g/mol. The lowest BCUT2D eigenvalue weighted by atomic mass is 9.76. The molecule has 0 radical (unpaired) electrons. The largest absolute Gasteiger partial charge is 0.447 e. The molecule has 0 spiro atoms. The van der Waals surface area contributed by atoms with E-state index < -0.39 is 0 Å². The molecule has 92 valence electrons. The molecule has 1 saturated carbocycles. The standard InChI is InChI=1S/C14H19NO2/c1-10(2)17-14(16)15-13-8-12(9-13)11-6-4-3-5-7-11/h3-7,10,12-13H,8-9H2,1-2H3,(H,15,16). The van der Waals surface area contributed by atoms with E-state index in [-0.39, 0.29) is 18.2 Å². The summed E-state index contributed by atoms with van der Waals surface area (Å²) in [4.78, 5) is 11.4. The van der Waals surface area contributed by atoms with Crippen LogP contribution in [0.1, 0.15) is 38.2 Å². The first-order chi connectivity index (χ1) is 8.15. The SMILES string of the molecule is CC(C)OC(=O)NC1CC(c2ccccc2)C1. The molecule has 3 nitrogen and oxygen atoms in total. The number of benzene rings is 1. The van der Waals surface area contributed by atoms with E-state index in [9.17, 15) is 4.79 Å². The maximum Gasteiger partial charge on any atom is 0.407 e. The van der Waals surface area contributed by atoms with Gasteiger partial charge in [-0.15, -0.1) is 0 Å². The zero-order valence-electron chi connectivity index (χ0n) is 10.3. The van der Waals surface area contributed by atoms with Gasteiger partial charge < -0.3 is 10.1 Å². The Hall–Kier alpha value is -1.51. The van der Waals surface area contributed by atoms with Crippen LogP contribution in [0, 0.1) is 0 Å². The van der Waals surface area contributed by atoms with E-state index >= 15 is 0 Å². The Morgan fingerprint density at radius 1 is 1.29 bits per heavy atom. The predicted molar refractivity (Wildman–Crippen MR) is 67.0 cm³/mol. The van der Waals surface area contributed by atoms with Crippen LogP contribution in [-0.4, -0.2) is 18.2 Å². The molecule has 0 unspecified atom stereocenters. The van der Waals surface area contributed by atoms with Crippen LogP contribution in [-0.2, 0) is 4.74 Å². The summed E-state index contributed by atoms with van der Waals surface area (Å²) in [7, 11) is 0. The Bertz CT molecular complexity index is 369. The van der Waals surface area contributed by atoms with Crippen molar-refractivity contribution in [1.82, 2.24) is 5.32 Å². The van der Waals surface area contributed by atoms with Crippen molar-refractivity contribution in [2.45, 2.75) is 44.8 Å². The van der Waals surface area contributed by atoms with E-state index in [0.717, 1.165) is 12.8 Å². The molecule has 2 rings (SSSR count). The molecule has 0 bridgehead atoms. The maximum atomic E-state index is 11.4. The van der Waals surface area contributed by atoms with Gasteiger partial charge in [-0.05, 0) is 38.2 Å². The highest BCUT2D eigenvalue weighted by Crippen LogP contribution is 2.36. The second-order valence-corrected chi connectivity index (χ2v) is 4.87. The summed E-state index contributed by atoms with van der Waals surface area (Å²) in [6.45, 7) is 3.71. The molecule has 0 aliphatic heterocycles. The molecule has 1 aliphatic carbocycles. The minimum Gasteiger partial charge on any atom is -0.447 e. The van der Waals surface area contributed by atoms with Gasteiger partial charge in [-0.25, -0.2) is 4.79 Å². The van der Waals surface area contributed by atoms with Crippen molar-refractivity contribution in [3.8, 4) is 0 Å². The molecule has 1 aliphatic rings. The Morgan fingerprint density at radius 2 is 1.94 bits per heavy atom. The fourth-order valence-corrected chi connectivity index (χ4v) is 2.15. The number of hydrogen-bond acceptors (Lipinski definition) is 2. The quantitative estimate of drug-likeness (QED) is 0.871. The van der Waals surface area contributed by atoms with Crippen LogP contribution in [0.3, 0.4) is 0 Å². The van der Waals surface area contributed by atoms with Crippen molar-refractivity contribution in [3.63, 3.8) is 0 Å². The number of rotatable bonds is 3. The van der Waals surface area contributed by atoms with Crippen molar-refractivity contribution in [3.05, 3.63) is 35.9 Å². The Kier molecular flexibility index (Phi) is 3.67. The highest BCUT2D eigenvalue weighted by Gasteiger charge is 2.31. The zero-order chi connectivity index (χ0) is 12.3. The number of amides is 1. The van der Waals surface area contributed by atoms with Gasteiger partial charge in [-0.2, -0.15) is 0 Å². The summed E-state index contributed by atoms with van der Waals surface area (Å²) in [6, 6.07) is 10.7. The molecule has 0 aromatic heterocycles. The molecular weight excluding hydrogens is 214 g/mol. The zero-order valence-corrected chi connectivity index (χ0v) is 10.3. The molecule has 1 aromatic rings. The van der Waals surface area contributed by atoms with Crippen LogP contribution in [0.25, 0.3) is 0 Å². The molecule has 17 heavy (non-hydrogen) atoms. The molecule has 1 aromatic carbocycles. The normalized spacial score (nSPS) is 23.0. The monoisotopic (exact) mass is 233 g/mol. The second kappa shape index (κ2) is 5.21. The Balaban J connectivity index is 1.74. The molecular formula is C14H19NO2. The van der Waals surface area contributed by atoms with Crippen molar-refractivity contribution < 1.29 is 9.53 Å². The van der Waals surface area contributed by atoms with E-state index in [2.05, 4.69) is 29.6 Å². The minimum atomic E-state index is -0.295. The third kappa shape index (κ3) is 3.22. The highest BCUT2D eigenvalue weighted by atomic mass is 16.6. The van der Waals surface area contributed by atoms with Gasteiger partial charge in [0, 0.05) is 6.04 Å². The van der Waals surface area contributed by atoms with E-state index in [0.29, 0.717) is 5.92 Å². The molecule has 0 saturated heterocycles. The van der Waals surface area contributed by atoms with Crippen molar-refractivity contribution in [1.29, 1.82) is 0 Å². The summed E-state index contributed by atoms with van der Waals surface area (Å²) in [5, 5.41) is 2.89. The molecule has 1 N–H and O–H groups in total. The first-order valence-electron chi connectivity index (χ1n) is 6.17. The summed E-state index contributed by atoms with van der Waals surface area (Å²) >= 11 is 0. The lowest BCUT2D eigenvalue weighted by Gasteiger charge is -2.36. The lowest BCUT2D eigenvalue weighted by Crippen LogP contribution is -2.44. The van der Waals surface area contributed by atoms with Crippen molar-refractivity contribution in [2.24, 2.45) is 0 Å². The predicted octanol–water partition coefficient (Wildman–Crippen LogP) is 3.07. The molecule has 1 fully saturated rings. The third-order valence-corrected chi connectivity index (χ3v) is 3.07. The summed E-state index contributed by atoms with van der Waals surface area (Å²) in [5.74, 6) is 0.584. The summed E-state index contributed by atoms with van der Waals surface area (Å²) in [5.41, 5.74) is 1.36. The first kappa shape index (κ1) is 12.0. The van der Waals surface area contributed by atoms with Crippen LogP contribution in [0.2, 0.25) is 0 Å². The van der Waals surface area contributed by atoms with E-state index in [4.69, 9.17) is 4.74 Å². The number of carbonyl (C=O) groups is 1. The maximum absolute atomic E-state index is 11.4. The number of alkyl carbamates (subject to hydrolysis) is 1. The van der Waals surface area contributed by atoms with Gasteiger partial charge >= 0.3 is 6.09 Å². The molecule has 3 heteroatoms. The smallest absolute Gasteiger partial charge is 0.407 e. The molecule has 1 amide bonds. The number of hydrogen-bond donors (Lipinski definition) is 1. The summed E-state index contributed by atoms with van der Waals surface area (Å²) < 4.78 is 5.05. The third-order valence-electron chi connectivity index (χ3n) is 3.07. The molecule has 0 atom stereocenters. The van der Waals surface area contributed by atoms with Crippen molar-refractivity contribution >= 4 is 6.09 Å². The van der Waals surface area contributed by atoms with Gasteiger partial charge in [0.2, 0.25) is 0 Å². The Labute approximate surface area is 102 Å². The average Bonchev–Trinajstić information content (AvgIpc) is 2.23. The topological polar surface area (TPSA) is 38.3 Å². The van der Waals surface area contributed by atoms with Crippen LogP contribution in [0.15, 0.2) is 30.3 Å². The number of nitrogens with one attached hydrogen (secondary N) is 1. The number of carbonyl (C=O) groups excluding carboxylic acids is 1. The number of ether oxygens (including phenoxy) is 1. The summed E-state index contributed by atoms with van der Waals surface area (Å²) in [6.07, 6.45) is 1.67. The fourth-order valence-electron chi connectivity index (χ4n) is 2.15. The van der Waals surface area contributed by atoms with E-state index in [1.165, 1.54) is 5.56 Å².